The van der Waals surface area contributed by atoms with Crippen molar-refractivity contribution in [3.8, 4) is 11.5 Å². The molecular formula is C18H17N3O3. The number of amides is 1. The molecule has 2 aromatic heterocycles. The summed E-state index contributed by atoms with van der Waals surface area (Å²) in [4.78, 5) is 16.9. The van der Waals surface area contributed by atoms with Gasteiger partial charge < -0.3 is 19.2 Å². The SMILES string of the molecule is Cc1ccn2cc(C(=O)N[C@@H](C)c3ccc4c(c3)OCO4)nc2c1. The third-order valence-electron chi connectivity index (χ3n) is 4.09. The summed E-state index contributed by atoms with van der Waals surface area (Å²) in [5.74, 6) is 1.23. The van der Waals surface area contributed by atoms with Crippen LogP contribution in [0.1, 0.15) is 34.6 Å². The van der Waals surface area contributed by atoms with Crippen molar-refractivity contribution in [2.45, 2.75) is 19.9 Å². The van der Waals surface area contributed by atoms with Crippen molar-refractivity contribution < 1.29 is 14.3 Å². The normalized spacial score (nSPS) is 13.9. The quantitative estimate of drug-likeness (QED) is 0.805. The summed E-state index contributed by atoms with van der Waals surface area (Å²) in [6.07, 6.45) is 3.63. The van der Waals surface area contributed by atoms with Crippen LogP contribution in [0.3, 0.4) is 0 Å². The predicted octanol–water partition coefficient (Wildman–Crippen LogP) is 2.86. The lowest BCUT2D eigenvalue weighted by atomic mass is 10.1. The molecule has 0 saturated carbocycles. The number of hydrogen-bond acceptors (Lipinski definition) is 4. The molecule has 1 amide bonds. The Morgan fingerprint density at radius 2 is 2.08 bits per heavy atom. The van der Waals surface area contributed by atoms with E-state index in [4.69, 9.17) is 9.47 Å². The van der Waals surface area contributed by atoms with E-state index in [1.807, 2.05) is 54.8 Å². The van der Waals surface area contributed by atoms with Crippen molar-refractivity contribution in [1.82, 2.24) is 14.7 Å². The smallest absolute Gasteiger partial charge is 0.271 e. The van der Waals surface area contributed by atoms with Crippen LogP contribution in [-0.4, -0.2) is 22.1 Å². The summed E-state index contributed by atoms with van der Waals surface area (Å²) >= 11 is 0. The number of nitrogens with zero attached hydrogens (tertiary/aromatic N) is 2. The maximum Gasteiger partial charge on any atom is 0.271 e. The number of rotatable bonds is 3. The molecule has 0 spiro atoms. The van der Waals surface area contributed by atoms with Gasteiger partial charge in [0.05, 0.1) is 6.04 Å². The van der Waals surface area contributed by atoms with Gasteiger partial charge in [-0.2, -0.15) is 0 Å². The molecule has 3 aromatic rings. The molecule has 122 valence electrons. The highest BCUT2D eigenvalue weighted by Gasteiger charge is 2.18. The summed E-state index contributed by atoms with van der Waals surface area (Å²) in [5.41, 5.74) is 3.21. The van der Waals surface area contributed by atoms with Crippen LogP contribution in [0, 0.1) is 6.92 Å². The molecule has 4 rings (SSSR count). The molecule has 1 aliphatic heterocycles. The molecule has 3 heterocycles. The van der Waals surface area contributed by atoms with Crippen LogP contribution in [0.5, 0.6) is 11.5 Å². The number of aromatic nitrogens is 2. The van der Waals surface area contributed by atoms with Gasteiger partial charge in [0.1, 0.15) is 11.3 Å². The zero-order valence-electron chi connectivity index (χ0n) is 13.4. The van der Waals surface area contributed by atoms with E-state index in [9.17, 15) is 4.79 Å². The Bertz CT molecular complexity index is 932. The second-order valence-electron chi connectivity index (χ2n) is 5.90. The van der Waals surface area contributed by atoms with Gasteiger partial charge in [-0.15, -0.1) is 0 Å². The van der Waals surface area contributed by atoms with Crippen LogP contribution >= 0.6 is 0 Å². The maximum atomic E-state index is 12.5. The van der Waals surface area contributed by atoms with Crippen LogP contribution in [-0.2, 0) is 0 Å². The standard InChI is InChI=1S/C18H17N3O3/c1-11-5-6-21-9-14(20-17(21)7-11)18(22)19-12(2)13-3-4-15-16(8-13)24-10-23-15/h3-9,12H,10H2,1-2H3,(H,19,22)/t12-/m0/s1. The molecule has 1 N–H and O–H groups in total. The van der Waals surface area contributed by atoms with Crippen molar-refractivity contribution in [3.05, 3.63) is 59.5 Å². The number of pyridine rings is 1. The Balaban J connectivity index is 1.54. The van der Waals surface area contributed by atoms with Crippen LogP contribution in [0.15, 0.2) is 42.7 Å². The van der Waals surface area contributed by atoms with E-state index in [1.54, 1.807) is 6.20 Å². The molecule has 0 saturated heterocycles. The molecule has 1 aromatic carbocycles. The first-order valence-corrected chi connectivity index (χ1v) is 7.76. The third-order valence-corrected chi connectivity index (χ3v) is 4.09. The summed E-state index contributed by atoms with van der Waals surface area (Å²) in [5, 5.41) is 2.97. The first-order valence-electron chi connectivity index (χ1n) is 7.76. The Labute approximate surface area is 139 Å². The highest BCUT2D eigenvalue weighted by atomic mass is 16.7. The fourth-order valence-electron chi connectivity index (χ4n) is 2.73. The highest BCUT2D eigenvalue weighted by molar-refractivity contribution is 5.93. The molecule has 6 nitrogen and oxygen atoms in total. The second kappa shape index (κ2) is 5.56. The number of nitrogens with one attached hydrogen (secondary N) is 1. The van der Waals surface area contributed by atoms with Crippen molar-refractivity contribution in [3.63, 3.8) is 0 Å². The van der Waals surface area contributed by atoms with E-state index >= 15 is 0 Å². The molecule has 1 aliphatic rings. The fourth-order valence-corrected chi connectivity index (χ4v) is 2.73. The Morgan fingerprint density at radius 1 is 1.25 bits per heavy atom. The fraction of sp³-hybridized carbons (Fsp3) is 0.222. The van der Waals surface area contributed by atoms with Crippen molar-refractivity contribution in [2.75, 3.05) is 6.79 Å². The lowest BCUT2D eigenvalue weighted by Gasteiger charge is -2.13. The first-order chi connectivity index (χ1) is 11.6. The van der Waals surface area contributed by atoms with Gasteiger partial charge in [0, 0.05) is 12.4 Å². The molecule has 1 atom stereocenters. The van der Waals surface area contributed by atoms with Crippen LogP contribution in [0.2, 0.25) is 0 Å². The predicted molar refractivity (Wildman–Crippen MR) is 88.4 cm³/mol. The van der Waals surface area contributed by atoms with Gasteiger partial charge in [0.2, 0.25) is 6.79 Å². The van der Waals surface area contributed by atoms with Crippen molar-refractivity contribution in [1.29, 1.82) is 0 Å². The summed E-state index contributed by atoms with van der Waals surface area (Å²) in [6, 6.07) is 9.42. The molecule has 6 heteroatoms. The van der Waals surface area contributed by atoms with Gasteiger partial charge in [-0.3, -0.25) is 4.79 Å². The molecular weight excluding hydrogens is 306 g/mol. The molecule has 0 aliphatic carbocycles. The third kappa shape index (κ3) is 2.56. The molecule has 0 radical (unpaired) electrons. The van der Waals surface area contributed by atoms with E-state index in [0.717, 1.165) is 22.5 Å². The molecule has 0 bridgehead atoms. The van der Waals surface area contributed by atoms with E-state index in [1.165, 1.54) is 0 Å². The minimum atomic E-state index is -0.207. The van der Waals surface area contributed by atoms with Gasteiger partial charge in [0.25, 0.3) is 5.91 Å². The van der Waals surface area contributed by atoms with E-state index in [2.05, 4.69) is 10.3 Å². The van der Waals surface area contributed by atoms with Crippen molar-refractivity contribution >= 4 is 11.6 Å². The zero-order valence-corrected chi connectivity index (χ0v) is 13.4. The maximum absolute atomic E-state index is 12.5. The zero-order chi connectivity index (χ0) is 16.7. The lowest BCUT2D eigenvalue weighted by Crippen LogP contribution is -2.26. The van der Waals surface area contributed by atoms with Gasteiger partial charge >= 0.3 is 0 Å². The number of carbonyl (C=O) groups is 1. The second-order valence-corrected chi connectivity index (χ2v) is 5.90. The van der Waals surface area contributed by atoms with E-state index < -0.39 is 0 Å². The summed E-state index contributed by atoms with van der Waals surface area (Å²) in [7, 11) is 0. The number of ether oxygens (including phenoxy) is 2. The van der Waals surface area contributed by atoms with Crippen LogP contribution < -0.4 is 14.8 Å². The Kier molecular flexibility index (Phi) is 3.37. The van der Waals surface area contributed by atoms with Gasteiger partial charge in [-0.25, -0.2) is 4.98 Å². The van der Waals surface area contributed by atoms with Gasteiger partial charge in [0.15, 0.2) is 11.5 Å². The summed E-state index contributed by atoms with van der Waals surface area (Å²) < 4.78 is 12.5. The average Bonchev–Trinajstić information content (AvgIpc) is 3.19. The minimum Gasteiger partial charge on any atom is -0.454 e. The van der Waals surface area contributed by atoms with E-state index in [-0.39, 0.29) is 18.7 Å². The Morgan fingerprint density at radius 3 is 2.96 bits per heavy atom. The lowest BCUT2D eigenvalue weighted by molar-refractivity contribution is 0.0935. The van der Waals surface area contributed by atoms with E-state index in [0.29, 0.717) is 11.4 Å². The largest absolute Gasteiger partial charge is 0.454 e. The first kappa shape index (κ1) is 14.6. The minimum absolute atomic E-state index is 0.168. The number of fused-ring (bicyclic) bond motifs is 2. The Hall–Kier alpha value is -3.02. The van der Waals surface area contributed by atoms with Gasteiger partial charge in [-0.1, -0.05) is 6.07 Å². The molecule has 0 unspecified atom stereocenters. The van der Waals surface area contributed by atoms with Gasteiger partial charge in [-0.05, 0) is 49.2 Å². The summed E-state index contributed by atoms with van der Waals surface area (Å²) in [6.45, 7) is 4.16. The van der Waals surface area contributed by atoms with Crippen molar-refractivity contribution in [2.24, 2.45) is 0 Å². The number of aryl methyl sites for hydroxylation is 1. The number of carbonyl (C=O) groups excluding carboxylic acids is 1. The monoisotopic (exact) mass is 323 g/mol. The van der Waals surface area contributed by atoms with Crippen LogP contribution in [0.25, 0.3) is 5.65 Å². The van der Waals surface area contributed by atoms with Crippen LogP contribution in [0.4, 0.5) is 0 Å². The topological polar surface area (TPSA) is 64.9 Å². The number of benzene rings is 1. The highest BCUT2D eigenvalue weighted by Crippen LogP contribution is 2.34. The molecule has 0 fully saturated rings. The number of hydrogen-bond donors (Lipinski definition) is 1. The number of imidazole rings is 1. The average molecular weight is 323 g/mol. The molecule has 24 heavy (non-hydrogen) atoms.